The summed E-state index contributed by atoms with van der Waals surface area (Å²) in [5.74, 6) is -0.981. The Bertz CT molecular complexity index is 1360. The first-order valence-electron chi connectivity index (χ1n) is 13.3. The molecule has 0 bridgehead atoms. The minimum absolute atomic E-state index is 0.0317. The number of halogens is 1. The number of rotatable bonds is 12. The van der Waals surface area contributed by atoms with Crippen LogP contribution in [0.3, 0.4) is 0 Å². The smallest absolute Gasteiger partial charge is 0.243 e. The molecule has 0 fully saturated rings. The molecule has 2 amide bonds. The molecule has 3 aromatic rings. The summed E-state index contributed by atoms with van der Waals surface area (Å²) in [5, 5.41) is 3.00. The van der Waals surface area contributed by atoms with Gasteiger partial charge in [0, 0.05) is 38.5 Å². The summed E-state index contributed by atoms with van der Waals surface area (Å²) in [5.41, 5.74) is 1.05. The number of nitrogens with one attached hydrogen (secondary N) is 1. The molecule has 9 heteroatoms. The topological polar surface area (TPSA) is 86.8 Å². The number of benzene rings is 3. The first-order chi connectivity index (χ1) is 18.9. The maximum atomic E-state index is 13.7. The molecule has 1 atom stereocenters. The van der Waals surface area contributed by atoms with Crippen molar-refractivity contribution in [2.24, 2.45) is 0 Å². The van der Waals surface area contributed by atoms with Gasteiger partial charge in [0.15, 0.2) is 0 Å². The molecule has 0 aliphatic carbocycles. The monoisotopic (exact) mass is 567 g/mol. The minimum Gasteiger partial charge on any atom is -0.350 e. The molecule has 0 aliphatic rings. The van der Waals surface area contributed by atoms with Crippen LogP contribution in [0.2, 0.25) is 0 Å². The second kappa shape index (κ2) is 13.7. The Labute approximate surface area is 237 Å². The molecular weight excluding hydrogens is 529 g/mol. The van der Waals surface area contributed by atoms with Crippen molar-refractivity contribution in [3.63, 3.8) is 0 Å². The van der Waals surface area contributed by atoms with Crippen LogP contribution in [-0.2, 0) is 32.6 Å². The van der Waals surface area contributed by atoms with E-state index < -0.39 is 27.4 Å². The van der Waals surface area contributed by atoms with Gasteiger partial charge in [-0.05, 0) is 62.6 Å². The fraction of sp³-hybridized carbons (Fsp3) is 0.355. The van der Waals surface area contributed by atoms with Crippen LogP contribution in [-0.4, -0.2) is 54.6 Å². The number of hydrogen-bond acceptors (Lipinski definition) is 4. The van der Waals surface area contributed by atoms with Gasteiger partial charge < -0.3 is 10.2 Å². The van der Waals surface area contributed by atoms with E-state index in [1.807, 2.05) is 51.1 Å². The van der Waals surface area contributed by atoms with Crippen LogP contribution in [0.1, 0.15) is 44.7 Å². The van der Waals surface area contributed by atoms with Gasteiger partial charge in [0.1, 0.15) is 11.9 Å². The summed E-state index contributed by atoms with van der Waals surface area (Å²) in [6.07, 6.45) is 0.585. The second-order valence-electron chi connectivity index (χ2n) is 10.8. The van der Waals surface area contributed by atoms with Gasteiger partial charge in [-0.25, -0.2) is 17.1 Å². The Balaban J connectivity index is 1.84. The number of carbonyl (C=O) groups is 2. The first-order valence-corrected chi connectivity index (χ1v) is 14.7. The van der Waals surface area contributed by atoms with Gasteiger partial charge in [-0.2, -0.15) is 0 Å². The number of amides is 2. The SMILES string of the molecule is CN(CCCC(=O)N(Cc1ccc(F)cc1)C(Cc1ccccc1)C(=O)NC(C)(C)C)S(=O)(=O)c1ccccc1. The van der Waals surface area contributed by atoms with Gasteiger partial charge in [0.05, 0.1) is 4.90 Å². The van der Waals surface area contributed by atoms with Crippen molar-refractivity contribution in [2.75, 3.05) is 13.6 Å². The zero-order valence-corrected chi connectivity index (χ0v) is 24.3. The average Bonchev–Trinajstić information content (AvgIpc) is 2.91. The molecule has 0 heterocycles. The van der Waals surface area contributed by atoms with E-state index in [2.05, 4.69) is 5.32 Å². The molecule has 7 nitrogen and oxygen atoms in total. The third-order valence-corrected chi connectivity index (χ3v) is 8.22. The molecule has 0 saturated carbocycles. The zero-order valence-electron chi connectivity index (χ0n) is 23.5. The molecule has 3 aromatic carbocycles. The third kappa shape index (κ3) is 8.99. The van der Waals surface area contributed by atoms with E-state index in [1.165, 1.54) is 40.5 Å². The number of carbonyl (C=O) groups excluding carboxylic acids is 2. The van der Waals surface area contributed by atoms with E-state index in [0.29, 0.717) is 5.56 Å². The van der Waals surface area contributed by atoms with Crippen LogP contribution in [0.4, 0.5) is 4.39 Å². The fourth-order valence-electron chi connectivity index (χ4n) is 4.28. The molecule has 0 aromatic heterocycles. The summed E-state index contributed by atoms with van der Waals surface area (Å²) < 4.78 is 40.6. The number of nitrogens with zero attached hydrogens (tertiary/aromatic N) is 2. The molecule has 40 heavy (non-hydrogen) atoms. The van der Waals surface area contributed by atoms with Gasteiger partial charge in [0.2, 0.25) is 21.8 Å². The summed E-state index contributed by atoms with van der Waals surface area (Å²) in [7, 11) is -2.21. The van der Waals surface area contributed by atoms with Gasteiger partial charge >= 0.3 is 0 Å². The summed E-state index contributed by atoms with van der Waals surface area (Å²) >= 11 is 0. The Kier molecular flexibility index (Phi) is 10.6. The van der Waals surface area contributed by atoms with Crippen molar-refractivity contribution in [2.45, 2.75) is 63.1 Å². The van der Waals surface area contributed by atoms with Crippen molar-refractivity contribution < 1.29 is 22.4 Å². The standard InChI is InChI=1S/C31H38FN3O4S/c1-31(2,3)33-30(37)28(22-24-12-7-5-8-13-24)35(23-25-17-19-26(32)20-18-25)29(36)16-11-21-34(4)40(38,39)27-14-9-6-10-15-27/h5-10,12-15,17-20,28H,11,16,21-23H2,1-4H3,(H,33,37). The number of sulfonamides is 1. The van der Waals surface area contributed by atoms with E-state index >= 15 is 0 Å². The maximum Gasteiger partial charge on any atom is 0.243 e. The lowest BCUT2D eigenvalue weighted by Gasteiger charge is -2.34. The van der Waals surface area contributed by atoms with Crippen LogP contribution in [0, 0.1) is 5.82 Å². The fourth-order valence-corrected chi connectivity index (χ4v) is 5.51. The predicted octanol–water partition coefficient (Wildman–Crippen LogP) is 4.78. The van der Waals surface area contributed by atoms with E-state index in [9.17, 15) is 22.4 Å². The second-order valence-corrected chi connectivity index (χ2v) is 12.9. The molecule has 214 valence electrons. The Morgan fingerprint density at radius 1 is 0.875 bits per heavy atom. The highest BCUT2D eigenvalue weighted by Gasteiger charge is 2.32. The van der Waals surface area contributed by atoms with Gasteiger partial charge in [-0.3, -0.25) is 9.59 Å². The lowest BCUT2D eigenvalue weighted by Crippen LogP contribution is -2.54. The molecule has 0 radical (unpaired) electrons. The van der Waals surface area contributed by atoms with Gasteiger partial charge in [0.25, 0.3) is 0 Å². The van der Waals surface area contributed by atoms with Crippen LogP contribution < -0.4 is 5.32 Å². The van der Waals surface area contributed by atoms with Crippen LogP contribution in [0.15, 0.2) is 89.8 Å². The number of hydrogen-bond donors (Lipinski definition) is 1. The molecule has 1 unspecified atom stereocenters. The molecule has 1 N–H and O–H groups in total. The summed E-state index contributed by atoms with van der Waals surface area (Å²) in [6.45, 7) is 5.86. The molecule has 0 spiro atoms. The highest BCUT2D eigenvalue weighted by atomic mass is 32.2. The van der Waals surface area contributed by atoms with E-state index in [-0.39, 0.29) is 49.1 Å². The third-order valence-electron chi connectivity index (χ3n) is 6.35. The van der Waals surface area contributed by atoms with Gasteiger partial charge in [-0.1, -0.05) is 60.7 Å². The zero-order chi connectivity index (χ0) is 29.3. The highest BCUT2D eigenvalue weighted by molar-refractivity contribution is 7.89. The van der Waals surface area contributed by atoms with Crippen molar-refractivity contribution >= 4 is 21.8 Å². The van der Waals surface area contributed by atoms with E-state index in [1.54, 1.807) is 30.3 Å². The Hall–Kier alpha value is -3.56. The van der Waals surface area contributed by atoms with Crippen LogP contribution >= 0.6 is 0 Å². The van der Waals surface area contributed by atoms with E-state index in [4.69, 9.17) is 0 Å². The summed E-state index contributed by atoms with van der Waals surface area (Å²) in [4.78, 5) is 29.0. The van der Waals surface area contributed by atoms with Crippen LogP contribution in [0.25, 0.3) is 0 Å². The molecular formula is C31H38FN3O4S. The average molecular weight is 568 g/mol. The maximum absolute atomic E-state index is 13.7. The quantitative estimate of drug-likeness (QED) is 0.341. The molecule has 3 rings (SSSR count). The van der Waals surface area contributed by atoms with Crippen LogP contribution in [0.5, 0.6) is 0 Å². The lowest BCUT2D eigenvalue weighted by atomic mass is 10.00. The van der Waals surface area contributed by atoms with Crippen molar-refractivity contribution in [3.8, 4) is 0 Å². The molecule has 0 aliphatic heterocycles. The Morgan fingerprint density at radius 2 is 1.45 bits per heavy atom. The first kappa shape index (κ1) is 31.0. The summed E-state index contributed by atoms with van der Waals surface area (Å²) in [6, 6.07) is 22.6. The normalized spacial score (nSPS) is 12.7. The van der Waals surface area contributed by atoms with Gasteiger partial charge in [-0.15, -0.1) is 0 Å². The van der Waals surface area contributed by atoms with Crippen molar-refractivity contribution in [1.29, 1.82) is 0 Å². The lowest BCUT2D eigenvalue weighted by molar-refractivity contribution is -0.142. The largest absolute Gasteiger partial charge is 0.350 e. The van der Waals surface area contributed by atoms with E-state index in [0.717, 1.165) is 5.56 Å². The minimum atomic E-state index is -3.69. The Morgan fingerprint density at radius 3 is 2.02 bits per heavy atom. The van der Waals surface area contributed by atoms with Crippen molar-refractivity contribution in [3.05, 3.63) is 102 Å². The predicted molar refractivity (Wildman–Crippen MR) is 154 cm³/mol. The van der Waals surface area contributed by atoms with Crippen molar-refractivity contribution in [1.82, 2.24) is 14.5 Å². The molecule has 0 saturated heterocycles. The highest BCUT2D eigenvalue weighted by Crippen LogP contribution is 2.19.